The summed E-state index contributed by atoms with van der Waals surface area (Å²) < 4.78 is 0. The maximum absolute atomic E-state index is 10.9. The Hall–Kier alpha value is -2.69. The van der Waals surface area contributed by atoms with Crippen molar-refractivity contribution in [3.63, 3.8) is 0 Å². The van der Waals surface area contributed by atoms with Crippen LogP contribution in [0.2, 0.25) is 0 Å². The van der Waals surface area contributed by atoms with E-state index in [1.165, 1.54) is 12.1 Å². The first kappa shape index (κ1) is 19.6. The van der Waals surface area contributed by atoms with Gasteiger partial charge in [-0.05, 0) is 47.2 Å². The summed E-state index contributed by atoms with van der Waals surface area (Å²) in [6.07, 6.45) is 0. The molecular weight excluding hydrogens is 328 g/mol. The van der Waals surface area contributed by atoms with Crippen LogP contribution in [0, 0.1) is 0 Å². The average Bonchev–Trinajstić information content (AvgIpc) is 2.52. The van der Waals surface area contributed by atoms with Crippen molar-refractivity contribution in [2.75, 3.05) is 0 Å². The van der Waals surface area contributed by atoms with E-state index in [9.17, 15) is 9.90 Å². The van der Waals surface area contributed by atoms with E-state index in [4.69, 9.17) is 5.11 Å². The van der Waals surface area contributed by atoms with Gasteiger partial charge < -0.3 is 10.2 Å². The lowest BCUT2D eigenvalue weighted by Crippen LogP contribution is -2.16. The Kier molecular flexibility index (Phi) is 5.21. The summed E-state index contributed by atoms with van der Waals surface area (Å²) in [5.41, 5.74) is 2.59. The predicted octanol–water partition coefficient (Wildman–Crippen LogP) is 6.10. The van der Waals surface area contributed by atoms with Gasteiger partial charge in [0.1, 0.15) is 5.75 Å². The Morgan fingerprint density at radius 3 is 1.62 bits per heavy atom. The topological polar surface area (TPSA) is 82.2 Å². The van der Waals surface area contributed by atoms with Crippen molar-refractivity contribution in [1.82, 2.24) is 0 Å². The van der Waals surface area contributed by atoms with Gasteiger partial charge in [0.15, 0.2) is 0 Å². The Morgan fingerprint density at radius 2 is 1.23 bits per heavy atom. The number of hydrogen-bond acceptors (Lipinski definition) is 4. The highest BCUT2D eigenvalue weighted by molar-refractivity contribution is 5.87. The van der Waals surface area contributed by atoms with E-state index in [0.717, 1.165) is 11.1 Å². The van der Waals surface area contributed by atoms with Crippen LogP contribution in [0.3, 0.4) is 0 Å². The molecule has 0 spiro atoms. The molecule has 0 radical (unpaired) electrons. The van der Waals surface area contributed by atoms with Crippen LogP contribution in [-0.4, -0.2) is 16.2 Å². The van der Waals surface area contributed by atoms with Crippen LogP contribution < -0.4 is 0 Å². The lowest BCUT2D eigenvalue weighted by Gasteiger charge is -2.27. The van der Waals surface area contributed by atoms with Gasteiger partial charge in [-0.3, -0.25) is 0 Å². The molecule has 0 aliphatic carbocycles. The van der Waals surface area contributed by atoms with Crippen LogP contribution in [0.4, 0.5) is 11.4 Å². The zero-order chi connectivity index (χ0) is 19.7. The lowest BCUT2D eigenvalue weighted by atomic mass is 9.79. The van der Waals surface area contributed by atoms with Gasteiger partial charge in [0, 0.05) is 11.1 Å². The van der Waals surface area contributed by atoms with Gasteiger partial charge in [0.05, 0.1) is 16.9 Å². The number of carboxylic acids is 1. The molecule has 5 heteroatoms. The van der Waals surface area contributed by atoms with Gasteiger partial charge in [0.2, 0.25) is 0 Å². The molecule has 0 heterocycles. The van der Waals surface area contributed by atoms with Gasteiger partial charge in [-0.25, -0.2) is 4.79 Å². The number of rotatable bonds is 3. The highest BCUT2D eigenvalue weighted by atomic mass is 16.4. The number of azo groups is 1. The fourth-order valence-electron chi connectivity index (χ4n) is 2.61. The number of aromatic carboxylic acids is 1. The Morgan fingerprint density at radius 1 is 0.808 bits per heavy atom. The molecule has 0 saturated heterocycles. The van der Waals surface area contributed by atoms with Crippen LogP contribution in [0.1, 0.15) is 63.0 Å². The molecule has 0 bridgehead atoms. The van der Waals surface area contributed by atoms with Crippen molar-refractivity contribution in [1.29, 1.82) is 0 Å². The van der Waals surface area contributed by atoms with Gasteiger partial charge in [-0.2, -0.15) is 10.2 Å². The fraction of sp³-hybridized carbons (Fsp3) is 0.381. The summed E-state index contributed by atoms with van der Waals surface area (Å²) in [7, 11) is 0. The predicted molar refractivity (Wildman–Crippen MR) is 103 cm³/mol. The van der Waals surface area contributed by atoms with E-state index >= 15 is 0 Å². The third-order valence-electron chi connectivity index (χ3n) is 4.11. The molecule has 0 amide bonds. The summed E-state index contributed by atoms with van der Waals surface area (Å²) >= 11 is 0. The first-order valence-corrected chi connectivity index (χ1v) is 8.52. The molecule has 0 unspecified atom stereocenters. The van der Waals surface area contributed by atoms with E-state index in [1.54, 1.807) is 12.1 Å². The molecule has 2 aromatic rings. The molecule has 26 heavy (non-hydrogen) atoms. The van der Waals surface area contributed by atoms with E-state index in [0.29, 0.717) is 17.1 Å². The van der Waals surface area contributed by atoms with Crippen LogP contribution in [0.15, 0.2) is 46.6 Å². The SMILES string of the molecule is CC(C)(C)c1cc(N=Nc2ccc(C(=O)O)cc2)cc(C(C)(C)C)c1O. The zero-order valence-electron chi connectivity index (χ0n) is 16.2. The first-order valence-electron chi connectivity index (χ1n) is 8.52. The second-order valence-electron chi connectivity index (χ2n) is 8.44. The van der Waals surface area contributed by atoms with Crippen LogP contribution >= 0.6 is 0 Å². The van der Waals surface area contributed by atoms with Crippen molar-refractivity contribution >= 4 is 17.3 Å². The highest BCUT2D eigenvalue weighted by Crippen LogP contribution is 2.41. The number of phenols is 1. The second-order valence-corrected chi connectivity index (χ2v) is 8.44. The maximum Gasteiger partial charge on any atom is 0.335 e. The Bertz CT molecular complexity index is 804. The molecule has 0 atom stereocenters. The van der Waals surface area contributed by atoms with Crippen LogP contribution in [0.5, 0.6) is 5.75 Å². The summed E-state index contributed by atoms with van der Waals surface area (Å²) in [6, 6.07) is 9.91. The van der Waals surface area contributed by atoms with Crippen molar-refractivity contribution in [2.45, 2.75) is 52.4 Å². The van der Waals surface area contributed by atoms with Gasteiger partial charge in [-0.1, -0.05) is 41.5 Å². The van der Waals surface area contributed by atoms with Crippen molar-refractivity contribution < 1.29 is 15.0 Å². The number of nitrogens with zero attached hydrogens (tertiary/aromatic N) is 2. The van der Waals surface area contributed by atoms with Crippen molar-refractivity contribution in [3.05, 3.63) is 53.1 Å². The maximum atomic E-state index is 10.9. The number of carbonyl (C=O) groups is 1. The summed E-state index contributed by atoms with van der Waals surface area (Å²) in [5, 5.41) is 28.2. The van der Waals surface area contributed by atoms with Crippen molar-refractivity contribution in [3.8, 4) is 5.75 Å². The van der Waals surface area contributed by atoms with Crippen LogP contribution in [0.25, 0.3) is 0 Å². The van der Waals surface area contributed by atoms with E-state index in [-0.39, 0.29) is 16.4 Å². The minimum atomic E-state index is -0.975. The Balaban J connectivity index is 2.47. The smallest absolute Gasteiger partial charge is 0.335 e. The molecule has 0 saturated carbocycles. The third kappa shape index (κ3) is 4.48. The number of benzene rings is 2. The molecule has 2 aromatic carbocycles. The normalized spacial score (nSPS) is 12.5. The number of phenolic OH excluding ortho intramolecular Hbond substituents is 1. The second kappa shape index (κ2) is 6.90. The summed E-state index contributed by atoms with van der Waals surface area (Å²) in [5.74, 6) is -0.675. The molecule has 138 valence electrons. The molecule has 2 rings (SSSR count). The molecular formula is C21H26N2O3. The van der Waals surface area contributed by atoms with Gasteiger partial charge >= 0.3 is 5.97 Å². The number of carboxylic acid groups (broad SMARTS) is 1. The zero-order valence-corrected chi connectivity index (χ0v) is 16.2. The molecule has 2 N–H and O–H groups in total. The molecule has 5 nitrogen and oxygen atoms in total. The Labute approximate surface area is 154 Å². The number of aromatic hydroxyl groups is 1. The molecule has 0 aliphatic rings. The van der Waals surface area contributed by atoms with E-state index < -0.39 is 5.97 Å². The average molecular weight is 354 g/mol. The first-order chi connectivity index (χ1) is 11.9. The number of hydrogen-bond donors (Lipinski definition) is 2. The summed E-state index contributed by atoms with van der Waals surface area (Å²) in [4.78, 5) is 10.9. The largest absolute Gasteiger partial charge is 0.507 e. The van der Waals surface area contributed by atoms with Crippen molar-refractivity contribution in [2.24, 2.45) is 10.2 Å². The monoisotopic (exact) mass is 354 g/mol. The third-order valence-corrected chi connectivity index (χ3v) is 4.11. The fourth-order valence-corrected chi connectivity index (χ4v) is 2.61. The quantitative estimate of drug-likeness (QED) is 0.653. The molecule has 0 aliphatic heterocycles. The highest BCUT2D eigenvalue weighted by Gasteiger charge is 2.26. The molecule has 0 fully saturated rings. The van der Waals surface area contributed by atoms with E-state index in [1.807, 2.05) is 53.7 Å². The van der Waals surface area contributed by atoms with Gasteiger partial charge in [0.25, 0.3) is 0 Å². The van der Waals surface area contributed by atoms with Gasteiger partial charge in [-0.15, -0.1) is 0 Å². The minimum absolute atomic E-state index is 0.207. The lowest BCUT2D eigenvalue weighted by molar-refractivity contribution is 0.0697. The van der Waals surface area contributed by atoms with E-state index in [2.05, 4.69) is 10.2 Å². The minimum Gasteiger partial charge on any atom is -0.507 e. The standard InChI is InChI=1S/C21H26N2O3/c1-20(2,3)16-11-15(12-17(18(16)24)21(4,5)6)23-22-14-9-7-13(8-10-14)19(25)26/h7-12,24H,1-6H3,(H,25,26). The molecule has 0 aromatic heterocycles. The van der Waals surface area contributed by atoms with Crippen LogP contribution in [-0.2, 0) is 10.8 Å². The summed E-state index contributed by atoms with van der Waals surface area (Å²) in [6.45, 7) is 12.3.